The largest absolute Gasteiger partial charge is 0.368 e. The van der Waals surface area contributed by atoms with Crippen molar-refractivity contribution in [2.24, 2.45) is 0 Å². The smallest absolute Gasteiger partial charge is 0.265 e. The molecule has 1 atom stereocenters. The molecule has 29 heavy (non-hydrogen) atoms. The molecule has 152 valence electrons. The van der Waals surface area contributed by atoms with Crippen molar-refractivity contribution in [3.63, 3.8) is 0 Å². The molecule has 2 aromatic rings. The molecule has 1 aromatic carbocycles. The Balaban J connectivity index is 1.35. The van der Waals surface area contributed by atoms with Crippen LogP contribution < -0.4 is 5.32 Å². The molecule has 0 aliphatic carbocycles. The lowest BCUT2D eigenvalue weighted by atomic mass is 10.1. The van der Waals surface area contributed by atoms with E-state index >= 15 is 0 Å². The number of hydrogen-bond donors (Lipinski definition) is 1. The number of carbonyl (C=O) groups excluding carboxylic acids is 3. The zero-order valence-corrected chi connectivity index (χ0v) is 16.8. The summed E-state index contributed by atoms with van der Waals surface area (Å²) < 4.78 is 5.48. The maximum atomic E-state index is 12.9. The maximum Gasteiger partial charge on any atom is 0.265 e. The second kappa shape index (κ2) is 8.75. The molecule has 0 saturated carbocycles. The molecule has 1 N–H and O–H groups in total. The van der Waals surface area contributed by atoms with Crippen LogP contribution in [0.2, 0.25) is 0 Å². The Morgan fingerprint density at radius 1 is 1.03 bits per heavy atom. The van der Waals surface area contributed by atoms with Gasteiger partial charge in [-0.2, -0.15) is 0 Å². The van der Waals surface area contributed by atoms with E-state index in [1.165, 1.54) is 11.3 Å². The van der Waals surface area contributed by atoms with Gasteiger partial charge in [-0.3, -0.25) is 14.4 Å². The van der Waals surface area contributed by atoms with Gasteiger partial charge >= 0.3 is 0 Å². The first-order valence-electron chi connectivity index (χ1n) is 9.76. The van der Waals surface area contributed by atoms with Crippen molar-refractivity contribution >= 4 is 34.7 Å². The summed E-state index contributed by atoms with van der Waals surface area (Å²) in [6.07, 6.45) is 1.39. The number of hydrogen-bond acceptors (Lipinski definition) is 5. The summed E-state index contributed by atoms with van der Waals surface area (Å²) in [5.41, 5.74) is 1.11. The predicted octanol–water partition coefficient (Wildman–Crippen LogP) is 2.46. The number of thiophene rings is 1. The minimum atomic E-state index is -0.319. The lowest BCUT2D eigenvalue weighted by Gasteiger charge is -2.35. The monoisotopic (exact) mass is 413 g/mol. The molecular weight excluding hydrogens is 390 g/mol. The number of anilines is 1. The van der Waals surface area contributed by atoms with E-state index < -0.39 is 0 Å². The van der Waals surface area contributed by atoms with E-state index in [1.54, 1.807) is 40.1 Å². The van der Waals surface area contributed by atoms with E-state index in [0.717, 1.165) is 12.8 Å². The Morgan fingerprint density at radius 3 is 2.52 bits per heavy atom. The first-order chi connectivity index (χ1) is 14.1. The molecule has 0 radical (unpaired) electrons. The SMILES string of the molecule is O=C(Nc1cccc(C(=O)N2CCN(C(=O)C3CCCO3)CC2)c1)c1cccs1. The number of benzene rings is 1. The number of rotatable bonds is 4. The van der Waals surface area contributed by atoms with Crippen LogP contribution in [0.3, 0.4) is 0 Å². The van der Waals surface area contributed by atoms with Gasteiger partial charge in [-0.15, -0.1) is 11.3 Å². The molecule has 0 bridgehead atoms. The summed E-state index contributed by atoms with van der Waals surface area (Å²) in [4.78, 5) is 41.7. The van der Waals surface area contributed by atoms with Gasteiger partial charge in [-0.05, 0) is 42.5 Å². The summed E-state index contributed by atoms with van der Waals surface area (Å²) >= 11 is 1.37. The average Bonchev–Trinajstić information content (AvgIpc) is 3.47. The Morgan fingerprint density at radius 2 is 1.83 bits per heavy atom. The standard InChI is InChI=1S/C21H23N3O4S/c25-19(18-7-3-13-29-18)22-16-5-1-4-15(14-16)20(26)23-8-10-24(11-9-23)21(27)17-6-2-12-28-17/h1,3-5,7,13-14,17H,2,6,8-12H2,(H,22,25). The van der Waals surface area contributed by atoms with Crippen molar-refractivity contribution < 1.29 is 19.1 Å². The van der Waals surface area contributed by atoms with Crippen LogP contribution in [0.25, 0.3) is 0 Å². The molecular formula is C21H23N3O4S. The fraction of sp³-hybridized carbons (Fsp3) is 0.381. The van der Waals surface area contributed by atoms with E-state index in [0.29, 0.717) is 48.9 Å². The van der Waals surface area contributed by atoms with E-state index in [2.05, 4.69) is 5.32 Å². The van der Waals surface area contributed by atoms with Crippen LogP contribution in [0, 0.1) is 0 Å². The highest BCUT2D eigenvalue weighted by Crippen LogP contribution is 2.19. The van der Waals surface area contributed by atoms with Crippen LogP contribution in [0.1, 0.15) is 32.9 Å². The third kappa shape index (κ3) is 4.49. The quantitative estimate of drug-likeness (QED) is 0.835. The normalized spacial score (nSPS) is 19.2. The molecule has 1 aromatic heterocycles. The summed E-state index contributed by atoms with van der Waals surface area (Å²) in [7, 11) is 0. The summed E-state index contributed by atoms with van der Waals surface area (Å²) in [5, 5.41) is 4.68. The van der Waals surface area contributed by atoms with Gasteiger partial charge < -0.3 is 19.9 Å². The number of nitrogens with zero attached hydrogens (tertiary/aromatic N) is 2. The highest BCUT2D eigenvalue weighted by Gasteiger charge is 2.31. The van der Waals surface area contributed by atoms with Gasteiger partial charge in [0.25, 0.3) is 17.7 Å². The Labute approximate surface area is 173 Å². The lowest BCUT2D eigenvalue weighted by molar-refractivity contribution is -0.142. The summed E-state index contributed by atoms with van der Waals surface area (Å²) in [5.74, 6) is -0.250. The zero-order chi connectivity index (χ0) is 20.2. The van der Waals surface area contributed by atoms with Crippen molar-refractivity contribution in [3.8, 4) is 0 Å². The number of nitrogens with one attached hydrogen (secondary N) is 1. The molecule has 0 spiro atoms. The summed E-state index contributed by atoms with van der Waals surface area (Å²) in [6, 6.07) is 10.5. The van der Waals surface area contributed by atoms with Gasteiger partial charge in [-0.25, -0.2) is 0 Å². The molecule has 3 heterocycles. The van der Waals surface area contributed by atoms with E-state index in [-0.39, 0.29) is 23.8 Å². The van der Waals surface area contributed by atoms with Gasteiger partial charge in [0.05, 0.1) is 4.88 Å². The van der Waals surface area contributed by atoms with E-state index in [9.17, 15) is 14.4 Å². The molecule has 2 saturated heterocycles. The molecule has 2 aliphatic rings. The fourth-order valence-corrected chi connectivity index (χ4v) is 4.24. The zero-order valence-electron chi connectivity index (χ0n) is 16.0. The molecule has 2 aliphatic heterocycles. The topological polar surface area (TPSA) is 79.0 Å². The van der Waals surface area contributed by atoms with Crippen LogP contribution in [0.4, 0.5) is 5.69 Å². The van der Waals surface area contributed by atoms with E-state index in [1.807, 2.05) is 11.4 Å². The highest BCUT2D eigenvalue weighted by molar-refractivity contribution is 7.12. The number of amides is 3. The van der Waals surface area contributed by atoms with Crippen molar-refractivity contribution in [1.82, 2.24) is 9.80 Å². The van der Waals surface area contributed by atoms with Gasteiger partial charge in [0.15, 0.2) is 0 Å². The first-order valence-corrected chi connectivity index (χ1v) is 10.6. The van der Waals surface area contributed by atoms with Crippen molar-refractivity contribution in [2.45, 2.75) is 18.9 Å². The predicted molar refractivity (Wildman–Crippen MR) is 110 cm³/mol. The Kier molecular flexibility index (Phi) is 5.92. The Hall–Kier alpha value is -2.71. The molecule has 3 amide bonds. The van der Waals surface area contributed by atoms with Crippen LogP contribution in [-0.4, -0.2) is 66.4 Å². The minimum absolute atomic E-state index is 0.0351. The van der Waals surface area contributed by atoms with Gasteiger partial charge in [0, 0.05) is 44.0 Å². The maximum absolute atomic E-state index is 12.9. The third-order valence-electron chi connectivity index (χ3n) is 5.20. The molecule has 4 rings (SSSR count). The second-order valence-electron chi connectivity index (χ2n) is 7.13. The fourth-order valence-electron chi connectivity index (χ4n) is 3.62. The number of ether oxygens (including phenoxy) is 1. The summed E-state index contributed by atoms with van der Waals surface area (Å²) in [6.45, 7) is 2.65. The van der Waals surface area contributed by atoms with Crippen LogP contribution in [0.5, 0.6) is 0 Å². The number of piperazine rings is 1. The van der Waals surface area contributed by atoms with Crippen molar-refractivity contribution in [1.29, 1.82) is 0 Å². The molecule has 8 heteroatoms. The minimum Gasteiger partial charge on any atom is -0.368 e. The van der Waals surface area contributed by atoms with Crippen molar-refractivity contribution in [3.05, 3.63) is 52.2 Å². The van der Waals surface area contributed by atoms with Gasteiger partial charge in [-0.1, -0.05) is 12.1 Å². The van der Waals surface area contributed by atoms with Crippen molar-refractivity contribution in [2.75, 3.05) is 38.1 Å². The Bertz CT molecular complexity index is 885. The molecule has 7 nitrogen and oxygen atoms in total. The molecule has 2 fully saturated rings. The lowest BCUT2D eigenvalue weighted by Crippen LogP contribution is -2.52. The first kappa shape index (κ1) is 19.6. The van der Waals surface area contributed by atoms with E-state index in [4.69, 9.17) is 4.74 Å². The molecule has 1 unspecified atom stereocenters. The van der Waals surface area contributed by atoms with Crippen LogP contribution >= 0.6 is 11.3 Å². The second-order valence-corrected chi connectivity index (χ2v) is 8.08. The number of carbonyl (C=O) groups is 3. The van der Waals surface area contributed by atoms with Crippen LogP contribution in [0.15, 0.2) is 41.8 Å². The highest BCUT2D eigenvalue weighted by atomic mass is 32.1. The van der Waals surface area contributed by atoms with Gasteiger partial charge in [0.2, 0.25) is 0 Å². The van der Waals surface area contributed by atoms with Crippen LogP contribution in [-0.2, 0) is 9.53 Å². The third-order valence-corrected chi connectivity index (χ3v) is 6.06. The van der Waals surface area contributed by atoms with Gasteiger partial charge in [0.1, 0.15) is 6.10 Å². The average molecular weight is 413 g/mol.